The Morgan fingerprint density at radius 1 is 1.17 bits per heavy atom. The molecule has 1 aromatic rings. The largest absolute Gasteiger partial charge is 0.455 e. The average molecular weight is 426 g/mol. The van der Waals surface area contributed by atoms with Crippen LogP contribution in [0.25, 0.3) is 0 Å². The quantitative estimate of drug-likeness (QED) is 0.605. The highest BCUT2D eigenvalue weighted by molar-refractivity contribution is 7.89. The van der Waals surface area contributed by atoms with Crippen LogP contribution >= 0.6 is 0 Å². The lowest BCUT2D eigenvalue weighted by Gasteiger charge is -2.35. The normalized spacial score (nSPS) is 16.9. The zero-order chi connectivity index (χ0) is 21.4. The van der Waals surface area contributed by atoms with Crippen molar-refractivity contribution in [3.8, 4) is 0 Å². The summed E-state index contributed by atoms with van der Waals surface area (Å²) in [7, 11) is -3.93. The molecule has 1 fully saturated rings. The van der Waals surface area contributed by atoms with E-state index in [1.165, 1.54) is 31.2 Å². The van der Waals surface area contributed by atoms with Gasteiger partial charge in [-0.05, 0) is 49.9 Å². The van der Waals surface area contributed by atoms with Gasteiger partial charge in [-0.25, -0.2) is 8.42 Å². The summed E-state index contributed by atoms with van der Waals surface area (Å²) < 4.78 is 31.6. The first-order chi connectivity index (χ1) is 13.7. The van der Waals surface area contributed by atoms with Crippen molar-refractivity contribution in [3.05, 3.63) is 24.3 Å². The Balaban J connectivity index is 1.83. The van der Waals surface area contributed by atoms with Crippen molar-refractivity contribution < 1.29 is 27.5 Å². The molecule has 0 radical (unpaired) electrons. The molecule has 10 heteroatoms. The van der Waals surface area contributed by atoms with Gasteiger partial charge in [0.25, 0.3) is 5.91 Å². The van der Waals surface area contributed by atoms with Gasteiger partial charge in [0.15, 0.2) is 6.61 Å². The van der Waals surface area contributed by atoms with Crippen molar-refractivity contribution in [1.82, 2.24) is 9.62 Å². The molecule has 2 rings (SSSR count). The Labute approximate surface area is 170 Å². The zero-order valence-corrected chi connectivity index (χ0v) is 17.5. The molecule has 29 heavy (non-hydrogen) atoms. The van der Waals surface area contributed by atoms with E-state index in [-0.39, 0.29) is 22.8 Å². The zero-order valence-electron chi connectivity index (χ0n) is 16.6. The van der Waals surface area contributed by atoms with E-state index in [0.29, 0.717) is 12.2 Å². The number of carbonyl (C=O) groups excluding carboxylic acids is 3. The van der Waals surface area contributed by atoms with E-state index in [9.17, 15) is 22.8 Å². The van der Waals surface area contributed by atoms with Crippen LogP contribution in [0.2, 0.25) is 0 Å². The maximum Gasteiger partial charge on any atom is 0.321 e. The van der Waals surface area contributed by atoms with Crippen LogP contribution in [0, 0.1) is 0 Å². The maximum absolute atomic E-state index is 12.3. The van der Waals surface area contributed by atoms with E-state index < -0.39 is 29.1 Å². The number of hydrogen-bond acceptors (Lipinski definition) is 6. The van der Waals surface area contributed by atoms with Gasteiger partial charge in [0.05, 0.1) is 4.90 Å². The summed E-state index contributed by atoms with van der Waals surface area (Å²) in [5, 5.41) is 2.53. The molecule has 1 aromatic carbocycles. The molecular formula is C19H27N3O6S. The highest BCUT2D eigenvalue weighted by atomic mass is 32.2. The molecule has 2 amide bonds. The van der Waals surface area contributed by atoms with Crippen LogP contribution in [0.1, 0.15) is 39.5 Å². The number of esters is 1. The standard InChI is InChI=1S/C19H27N3O6S/c1-3-16-6-4-5-11-22(16)18(24)13-28-19(25)12-20-29(26,27)17-9-7-15(8-10-17)21-14(2)23/h7-10,16,20H,3-6,11-13H2,1-2H3,(H,21,23)/t16-/m1/s1. The predicted octanol–water partition coefficient (Wildman–Crippen LogP) is 1.26. The number of likely N-dealkylation sites (tertiary alicyclic amines) is 1. The Kier molecular flexibility index (Phi) is 8.15. The van der Waals surface area contributed by atoms with Crippen molar-refractivity contribution in [3.63, 3.8) is 0 Å². The van der Waals surface area contributed by atoms with Gasteiger partial charge in [-0.3, -0.25) is 14.4 Å². The molecule has 0 aromatic heterocycles. The average Bonchev–Trinajstić information content (AvgIpc) is 2.70. The number of anilines is 1. The van der Waals surface area contributed by atoms with Crippen LogP contribution in [0.15, 0.2) is 29.2 Å². The number of sulfonamides is 1. The number of amides is 2. The molecule has 0 aliphatic carbocycles. The van der Waals surface area contributed by atoms with Crippen molar-refractivity contribution in [2.24, 2.45) is 0 Å². The molecule has 1 aliphatic heterocycles. The number of nitrogens with one attached hydrogen (secondary N) is 2. The van der Waals surface area contributed by atoms with Gasteiger partial charge in [-0.1, -0.05) is 6.92 Å². The lowest BCUT2D eigenvalue weighted by molar-refractivity contribution is -0.152. The van der Waals surface area contributed by atoms with E-state index in [4.69, 9.17) is 4.74 Å². The second-order valence-electron chi connectivity index (χ2n) is 6.84. The molecule has 1 saturated heterocycles. The van der Waals surface area contributed by atoms with Gasteiger partial charge in [-0.15, -0.1) is 0 Å². The second kappa shape index (κ2) is 10.4. The molecule has 0 saturated carbocycles. The second-order valence-corrected chi connectivity index (χ2v) is 8.60. The summed E-state index contributed by atoms with van der Waals surface area (Å²) >= 11 is 0. The number of nitrogens with zero attached hydrogens (tertiary/aromatic N) is 1. The van der Waals surface area contributed by atoms with Gasteiger partial charge in [-0.2, -0.15) is 4.72 Å². The Morgan fingerprint density at radius 3 is 2.48 bits per heavy atom. The summed E-state index contributed by atoms with van der Waals surface area (Å²) in [5.41, 5.74) is 0.456. The van der Waals surface area contributed by atoms with E-state index in [1.807, 2.05) is 6.92 Å². The summed E-state index contributed by atoms with van der Waals surface area (Å²) in [6.45, 7) is 3.02. The van der Waals surface area contributed by atoms with Crippen LogP contribution in [-0.4, -0.2) is 56.8 Å². The highest BCUT2D eigenvalue weighted by Crippen LogP contribution is 2.19. The first-order valence-corrected chi connectivity index (χ1v) is 11.0. The van der Waals surface area contributed by atoms with Crippen LogP contribution in [-0.2, 0) is 29.1 Å². The first kappa shape index (κ1) is 22.8. The number of ether oxygens (including phenoxy) is 1. The topological polar surface area (TPSA) is 122 Å². The molecule has 1 aliphatic rings. The van der Waals surface area contributed by atoms with E-state index >= 15 is 0 Å². The van der Waals surface area contributed by atoms with Crippen molar-refractivity contribution in [2.45, 2.75) is 50.5 Å². The summed E-state index contributed by atoms with van der Waals surface area (Å²) in [6, 6.07) is 5.66. The molecule has 9 nitrogen and oxygen atoms in total. The van der Waals surface area contributed by atoms with E-state index in [2.05, 4.69) is 10.0 Å². The number of rotatable bonds is 8. The summed E-state index contributed by atoms with van der Waals surface area (Å²) in [6.07, 6.45) is 3.79. The minimum absolute atomic E-state index is 0.0606. The molecule has 160 valence electrons. The highest BCUT2D eigenvalue weighted by Gasteiger charge is 2.26. The van der Waals surface area contributed by atoms with Gasteiger partial charge in [0.2, 0.25) is 15.9 Å². The maximum atomic E-state index is 12.3. The lowest BCUT2D eigenvalue weighted by Crippen LogP contribution is -2.45. The summed E-state index contributed by atoms with van der Waals surface area (Å²) in [5.74, 6) is -1.37. The van der Waals surface area contributed by atoms with Crippen molar-refractivity contribution in [2.75, 3.05) is 25.0 Å². The smallest absolute Gasteiger partial charge is 0.321 e. The fraction of sp³-hybridized carbons (Fsp3) is 0.526. The fourth-order valence-corrected chi connectivity index (χ4v) is 4.16. The predicted molar refractivity (Wildman–Crippen MR) is 107 cm³/mol. The van der Waals surface area contributed by atoms with Crippen LogP contribution in [0.4, 0.5) is 5.69 Å². The van der Waals surface area contributed by atoms with E-state index in [1.54, 1.807) is 4.90 Å². The number of carbonyl (C=O) groups is 3. The van der Waals surface area contributed by atoms with Crippen LogP contribution < -0.4 is 10.0 Å². The Hall–Kier alpha value is -2.46. The molecule has 2 N–H and O–H groups in total. The van der Waals surface area contributed by atoms with Gasteiger partial charge >= 0.3 is 5.97 Å². The molecular weight excluding hydrogens is 398 g/mol. The van der Waals surface area contributed by atoms with Gasteiger partial charge in [0.1, 0.15) is 6.54 Å². The minimum Gasteiger partial charge on any atom is -0.455 e. The van der Waals surface area contributed by atoms with Crippen molar-refractivity contribution >= 4 is 33.5 Å². The lowest BCUT2D eigenvalue weighted by atomic mass is 10.00. The molecule has 0 spiro atoms. The molecule has 1 heterocycles. The SMILES string of the molecule is CC[C@@H]1CCCCN1C(=O)COC(=O)CNS(=O)(=O)c1ccc(NC(C)=O)cc1. The van der Waals surface area contributed by atoms with Gasteiger partial charge in [0, 0.05) is 25.2 Å². The molecule has 1 atom stereocenters. The number of hydrogen-bond donors (Lipinski definition) is 2. The third kappa shape index (κ3) is 6.82. The molecule has 0 bridgehead atoms. The van der Waals surface area contributed by atoms with Crippen molar-refractivity contribution in [1.29, 1.82) is 0 Å². The van der Waals surface area contributed by atoms with Crippen LogP contribution in [0.5, 0.6) is 0 Å². The third-order valence-corrected chi connectivity index (χ3v) is 6.08. The summed E-state index contributed by atoms with van der Waals surface area (Å²) in [4.78, 5) is 36.8. The van der Waals surface area contributed by atoms with Crippen LogP contribution in [0.3, 0.4) is 0 Å². The van der Waals surface area contributed by atoms with Gasteiger partial charge < -0.3 is 15.0 Å². The monoisotopic (exact) mass is 425 g/mol. The van der Waals surface area contributed by atoms with E-state index in [0.717, 1.165) is 25.7 Å². The number of benzene rings is 1. The fourth-order valence-electron chi connectivity index (χ4n) is 3.19. The minimum atomic E-state index is -3.93. The third-order valence-electron chi connectivity index (χ3n) is 4.67. The number of piperidine rings is 1. The Bertz CT molecular complexity index is 838. The first-order valence-electron chi connectivity index (χ1n) is 9.55. The molecule has 0 unspecified atom stereocenters. The Morgan fingerprint density at radius 2 is 1.86 bits per heavy atom.